The minimum absolute atomic E-state index is 0.101. The van der Waals surface area contributed by atoms with Crippen molar-refractivity contribution in [1.29, 1.82) is 0 Å². The summed E-state index contributed by atoms with van der Waals surface area (Å²) in [7, 11) is 0. The van der Waals surface area contributed by atoms with Crippen LogP contribution >= 0.6 is 0 Å². The van der Waals surface area contributed by atoms with Crippen molar-refractivity contribution >= 4 is 23.0 Å². The van der Waals surface area contributed by atoms with Crippen molar-refractivity contribution in [2.75, 3.05) is 5.73 Å². The number of benzene rings is 1. The molecule has 1 aliphatic rings. The number of hydrogen-bond donors (Lipinski definition) is 2. The molecule has 4 rings (SSSR count). The molecule has 0 radical (unpaired) electrons. The van der Waals surface area contributed by atoms with Gasteiger partial charge in [-0.15, -0.1) is 0 Å². The van der Waals surface area contributed by atoms with Crippen LogP contribution in [0.3, 0.4) is 0 Å². The summed E-state index contributed by atoms with van der Waals surface area (Å²) < 4.78 is 3.17. The van der Waals surface area contributed by atoms with E-state index >= 15 is 0 Å². The average molecular weight is 339 g/mol. The highest BCUT2D eigenvalue weighted by Crippen LogP contribution is 2.32. The SMILES string of the molecule is Nc1ncnc2c1n(-c1ccc(C(=O)O)cc1)c(=O)n2C1CCCC1. The topological polar surface area (TPSA) is 116 Å². The van der Waals surface area contributed by atoms with E-state index < -0.39 is 5.97 Å². The molecule has 1 aliphatic carbocycles. The van der Waals surface area contributed by atoms with E-state index in [4.69, 9.17) is 10.8 Å². The lowest BCUT2D eigenvalue weighted by Gasteiger charge is -2.10. The maximum absolute atomic E-state index is 13.1. The molecule has 25 heavy (non-hydrogen) atoms. The van der Waals surface area contributed by atoms with Gasteiger partial charge in [-0.3, -0.25) is 9.13 Å². The average Bonchev–Trinajstić information content (AvgIpc) is 3.21. The Bertz CT molecular complexity index is 1010. The van der Waals surface area contributed by atoms with Gasteiger partial charge in [0.05, 0.1) is 11.3 Å². The molecule has 8 heteroatoms. The third kappa shape index (κ3) is 2.37. The first-order valence-corrected chi connectivity index (χ1v) is 8.15. The predicted octanol–water partition coefficient (Wildman–Crippen LogP) is 1.98. The van der Waals surface area contributed by atoms with Gasteiger partial charge >= 0.3 is 11.7 Å². The molecule has 0 unspecified atom stereocenters. The molecule has 2 heterocycles. The van der Waals surface area contributed by atoms with Gasteiger partial charge in [0.2, 0.25) is 0 Å². The molecule has 0 aliphatic heterocycles. The van der Waals surface area contributed by atoms with Gasteiger partial charge in [-0.05, 0) is 37.1 Å². The Morgan fingerprint density at radius 3 is 2.48 bits per heavy atom. The summed E-state index contributed by atoms with van der Waals surface area (Å²) in [6.45, 7) is 0. The molecule has 0 bridgehead atoms. The zero-order valence-electron chi connectivity index (χ0n) is 13.4. The lowest BCUT2D eigenvalue weighted by molar-refractivity contribution is 0.0697. The monoisotopic (exact) mass is 339 g/mol. The Morgan fingerprint density at radius 2 is 1.84 bits per heavy atom. The number of aromatic carboxylic acids is 1. The second-order valence-corrected chi connectivity index (χ2v) is 6.21. The van der Waals surface area contributed by atoms with Gasteiger partial charge < -0.3 is 10.8 Å². The number of nitrogens with zero attached hydrogens (tertiary/aromatic N) is 4. The van der Waals surface area contributed by atoms with Gasteiger partial charge in [0.25, 0.3) is 0 Å². The number of anilines is 1. The fourth-order valence-electron chi connectivity index (χ4n) is 3.55. The van der Waals surface area contributed by atoms with E-state index in [2.05, 4.69) is 9.97 Å². The number of carboxylic acids is 1. The molecule has 1 saturated carbocycles. The van der Waals surface area contributed by atoms with E-state index in [-0.39, 0.29) is 23.1 Å². The second kappa shape index (κ2) is 5.73. The molecular formula is C17H17N5O3. The summed E-state index contributed by atoms with van der Waals surface area (Å²) in [4.78, 5) is 32.5. The van der Waals surface area contributed by atoms with Crippen LogP contribution in [0.1, 0.15) is 42.1 Å². The molecule has 3 aromatic rings. The summed E-state index contributed by atoms with van der Waals surface area (Å²) in [5.41, 5.74) is 7.48. The number of fused-ring (bicyclic) bond motifs is 1. The van der Waals surface area contributed by atoms with Gasteiger partial charge in [-0.1, -0.05) is 12.8 Å². The van der Waals surface area contributed by atoms with Crippen LogP contribution in [0.5, 0.6) is 0 Å². The summed E-state index contributed by atoms with van der Waals surface area (Å²) in [6.07, 6.45) is 5.39. The minimum Gasteiger partial charge on any atom is -0.478 e. The fourth-order valence-corrected chi connectivity index (χ4v) is 3.55. The molecule has 2 aromatic heterocycles. The lowest BCUT2D eigenvalue weighted by Crippen LogP contribution is -2.26. The van der Waals surface area contributed by atoms with Crippen LogP contribution in [0.15, 0.2) is 35.4 Å². The number of carbonyl (C=O) groups is 1. The number of nitrogens with two attached hydrogens (primary N) is 1. The standard InChI is InChI=1S/C17H17N5O3/c18-14-13-15(20-9-19-14)22(11-3-1-2-4-11)17(25)21(13)12-7-5-10(6-8-12)16(23)24/h5-9,11H,1-4H2,(H,23,24)(H2,18,19,20). The summed E-state index contributed by atoms with van der Waals surface area (Å²) in [5.74, 6) is -0.795. The maximum atomic E-state index is 13.1. The fraction of sp³-hybridized carbons (Fsp3) is 0.294. The first-order valence-electron chi connectivity index (χ1n) is 8.15. The van der Waals surface area contributed by atoms with Crippen LogP contribution in [0.25, 0.3) is 16.9 Å². The third-order valence-corrected chi connectivity index (χ3v) is 4.74. The van der Waals surface area contributed by atoms with Crippen molar-refractivity contribution in [2.45, 2.75) is 31.7 Å². The smallest absolute Gasteiger partial charge is 0.335 e. The normalized spacial score (nSPS) is 15.0. The van der Waals surface area contributed by atoms with Gasteiger partial charge in [0.1, 0.15) is 11.8 Å². The molecular weight excluding hydrogens is 322 g/mol. The van der Waals surface area contributed by atoms with Crippen LogP contribution < -0.4 is 11.4 Å². The Morgan fingerprint density at radius 1 is 1.16 bits per heavy atom. The predicted molar refractivity (Wildman–Crippen MR) is 92.0 cm³/mol. The number of rotatable bonds is 3. The molecule has 128 valence electrons. The highest BCUT2D eigenvalue weighted by atomic mass is 16.4. The third-order valence-electron chi connectivity index (χ3n) is 4.74. The van der Waals surface area contributed by atoms with Gasteiger partial charge in [0, 0.05) is 6.04 Å². The van der Waals surface area contributed by atoms with Crippen LogP contribution in [0, 0.1) is 0 Å². The molecule has 0 spiro atoms. The molecule has 0 atom stereocenters. The molecule has 0 amide bonds. The summed E-state index contributed by atoms with van der Waals surface area (Å²) >= 11 is 0. The lowest BCUT2D eigenvalue weighted by atomic mass is 10.2. The number of carboxylic acid groups (broad SMARTS) is 1. The van der Waals surface area contributed by atoms with Crippen molar-refractivity contribution in [3.8, 4) is 5.69 Å². The van der Waals surface area contributed by atoms with Gasteiger partial charge in [0.15, 0.2) is 11.5 Å². The number of imidazole rings is 1. The van der Waals surface area contributed by atoms with E-state index in [1.165, 1.54) is 23.0 Å². The van der Waals surface area contributed by atoms with E-state index in [1.54, 1.807) is 16.7 Å². The van der Waals surface area contributed by atoms with Crippen LogP contribution in [-0.4, -0.2) is 30.2 Å². The highest BCUT2D eigenvalue weighted by Gasteiger charge is 2.26. The van der Waals surface area contributed by atoms with Crippen molar-refractivity contribution < 1.29 is 9.90 Å². The van der Waals surface area contributed by atoms with Gasteiger partial charge in [-0.25, -0.2) is 19.6 Å². The highest BCUT2D eigenvalue weighted by molar-refractivity contribution is 5.88. The van der Waals surface area contributed by atoms with E-state index in [9.17, 15) is 9.59 Å². The molecule has 3 N–H and O–H groups in total. The molecule has 1 fully saturated rings. The van der Waals surface area contributed by atoms with Crippen LogP contribution in [0.4, 0.5) is 5.82 Å². The summed E-state index contributed by atoms with van der Waals surface area (Å²) in [6, 6.07) is 6.21. The number of hydrogen-bond acceptors (Lipinski definition) is 5. The molecule has 1 aromatic carbocycles. The van der Waals surface area contributed by atoms with Crippen molar-refractivity contribution in [3.63, 3.8) is 0 Å². The number of nitrogen functional groups attached to an aromatic ring is 1. The Labute approximate surface area is 142 Å². The van der Waals surface area contributed by atoms with Gasteiger partial charge in [-0.2, -0.15) is 0 Å². The quantitative estimate of drug-likeness (QED) is 0.753. The Balaban J connectivity index is 1.98. The molecule has 8 nitrogen and oxygen atoms in total. The van der Waals surface area contributed by atoms with Crippen LogP contribution in [0.2, 0.25) is 0 Å². The zero-order chi connectivity index (χ0) is 17.6. The van der Waals surface area contributed by atoms with Crippen LogP contribution in [-0.2, 0) is 0 Å². The zero-order valence-corrected chi connectivity index (χ0v) is 13.4. The minimum atomic E-state index is -1.02. The van der Waals surface area contributed by atoms with Crippen molar-refractivity contribution in [2.24, 2.45) is 0 Å². The first kappa shape index (κ1) is 15.4. The summed E-state index contributed by atoms with van der Waals surface area (Å²) in [5, 5.41) is 9.05. The number of aromatic nitrogens is 4. The van der Waals surface area contributed by atoms with E-state index in [0.717, 1.165) is 25.7 Å². The van der Waals surface area contributed by atoms with Crippen molar-refractivity contribution in [3.05, 3.63) is 46.6 Å². The van der Waals surface area contributed by atoms with E-state index in [0.29, 0.717) is 16.9 Å². The Kier molecular flexibility index (Phi) is 3.52. The maximum Gasteiger partial charge on any atom is 0.335 e. The Hall–Kier alpha value is -3.16. The molecule has 0 saturated heterocycles. The first-order chi connectivity index (χ1) is 12.1. The second-order valence-electron chi connectivity index (χ2n) is 6.21. The van der Waals surface area contributed by atoms with Crippen molar-refractivity contribution in [1.82, 2.24) is 19.1 Å². The largest absolute Gasteiger partial charge is 0.478 e. The van der Waals surface area contributed by atoms with E-state index in [1.807, 2.05) is 0 Å².